The molecule has 1 amide bonds. The fourth-order valence-corrected chi connectivity index (χ4v) is 3.49. The van der Waals surface area contributed by atoms with E-state index in [-0.39, 0.29) is 24.2 Å². The van der Waals surface area contributed by atoms with Crippen LogP contribution >= 0.6 is 11.8 Å². The summed E-state index contributed by atoms with van der Waals surface area (Å²) >= 11 is 1.64. The molecule has 1 aromatic rings. The van der Waals surface area contributed by atoms with Gasteiger partial charge in [-0.1, -0.05) is 6.07 Å². The van der Waals surface area contributed by atoms with Crippen molar-refractivity contribution in [2.24, 2.45) is 0 Å². The number of hydrogen-bond donors (Lipinski definition) is 1. The van der Waals surface area contributed by atoms with Gasteiger partial charge in [-0.25, -0.2) is 0 Å². The lowest BCUT2D eigenvalue weighted by atomic mass is 9.89. The molecule has 0 unspecified atom stereocenters. The number of nitrogens with one attached hydrogen (secondary N) is 1. The zero-order valence-corrected chi connectivity index (χ0v) is 13.0. The topological polar surface area (TPSA) is 47.6 Å². The van der Waals surface area contributed by atoms with Gasteiger partial charge in [0.2, 0.25) is 0 Å². The number of hydrogen-bond acceptors (Lipinski definition) is 4. The minimum atomic E-state index is 0.00563. The van der Waals surface area contributed by atoms with Gasteiger partial charge in [-0.3, -0.25) is 4.79 Å². The van der Waals surface area contributed by atoms with Gasteiger partial charge >= 0.3 is 0 Å². The molecule has 3 atom stereocenters. The molecule has 114 valence electrons. The highest BCUT2D eigenvalue weighted by molar-refractivity contribution is 7.98. The van der Waals surface area contributed by atoms with Gasteiger partial charge in [0, 0.05) is 16.5 Å². The van der Waals surface area contributed by atoms with Crippen LogP contribution in [-0.4, -0.2) is 43.6 Å². The Labute approximate surface area is 129 Å². The number of ether oxygens (including phenoxy) is 2. The zero-order chi connectivity index (χ0) is 14.7. The van der Waals surface area contributed by atoms with Crippen molar-refractivity contribution in [3.05, 3.63) is 29.8 Å². The van der Waals surface area contributed by atoms with Crippen LogP contribution in [0.3, 0.4) is 0 Å². The summed E-state index contributed by atoms with van der Waals surface area (Å²) in [6, 6.07) is 7.92. The van der Waals surface area contributed by atoms with Crippen molar-refractivity contribution in [3.8, 4) is 0 Å². The van der Waals surface area contributed by atoms with Crippen LogP contribution in [0.2, 0.25) is 0 Å². The third kappa shape index (κ3) is 3.59. The molecule has 0 aromatic heterocycles. The maximum atomic E-state index is 12.3. The Bertz CT molecular complexity index is 508. The van der Waals surface area contributed by atoms with Gasteiger partial charge in [0.15, 0.2) is 0 Å². The molecule has 4 nitrogen and oxygen atoms in total. The quantitative estimate of drug-likeness (QED) is 0.872. The predicted octanol–water partition coefficient (Wildman–Crippen LogP) is 2.47. The smallest absolute Gasteiger partial charge is 0.251 e. The predicted molar refractivity (Wildman–Crippen MR) is 82.8 cm³/mol. The monoisotopic (exact) mass is 307 g/mol. The summed E-state index contributed by atoms with van der Waals surface area (Å²) in [4.78, 5) is 13.5. The first-order valence-electron chi connectivity index (χ1n) is 7.44. The molecule has 1 aromatic carbocycles. The van der Waals surface area contributed by atoms with Gasteiger partial charge in [0.1, 0.15) is 0 Å². The van der Waals surface area contributed by atoms with Crippen LogP contribution in [0.1, 0.15) is 29.6 Å². The number of carbonyl (C=O) groups is 1. The van der Waals surface area contributed by atoms with E-state index in [0.29, 0.717) is 13.2 Å². The lowest BCUT2D eigenvalue weighted by molar-refractivity contribution is -0.157. The van der Waals surface area contributed by atoms with Crippen molar-refractivity contribution in [2.45, 2.75) is 42.4 Å². The highest BCUT2D eigenvalue weighted by atomic mass is 32.2. The van der Waals surface area contributed by atoms with Gasteiger partial charge < -0.3 is 14.8 Å². The first kappa shape index (κ1) is 14.9. The van der Waals surface area contributed by atoms with Gasteiger partial charge in [0.25, 0.3) is 5.91 Å². The van der Waals surface area contributed by atoms with E-state index in [1.165, 1.54) is 0 Å². The van der Waals surface area contributed by atoms with E-state index < -0.39 is 0 Å². The number of amides is 1. The Hall–Kier alpha value is -1.04. The van der Waals surface area contributed by atoms with Gasteiger partial charge in [0.05, 0.1) is 25.4 Å². The molecule has 1 aliphatic heterocycles. The molecule has 1 heterocycles. The highest BCUT2D eigenvalue weighted by Crippen LogP contribution is 2.27. The molecule has 0 bridgehead atoms. The summed E-state index contributed by atoms with van der Waals surface area (Å²) in [5, 5.41) is 3.14. The summed E-state index contributed by atoms with van der Waals surface area (Å²) in [6.45, 7) is 1.36. The SMILES string of the molecule is CSc1cccc(C(=O)N[C@@H]2CC[C@H]3OCCO[C@H]3C2)c1. The van der Waals surface area contributed by atoms with Gasteiger partial charge in [-0.2, -0.15) is 0 Å². The minimum Gasteiger partial charge on any atom is -0.373 e. The van der Waals surface area contributed by atoms with Crippen molar-refractivity contribution >= 4 is 17.7 Å². The molecule has 21 heavy (non-hydrogen) atoms. The van der Waals surface area contributed by atoms with E-state index in [4.69, 9.17) is 9.47 Å². The second kappa shape index (κ2) is 6.81. The van der Waals surface area contributed by atoms with Gasteiger partial charge in [-0.15, -0.1) is 11.8 Å². The fraction of sp³-hybridized carbons (Fsp3) is 0.562. The van der Waals surface area contributed by atoms with E-state index in [1.54, 1.807) is 11.8 Å². The zero-order valence-electron chi connectivity index (χ0n) is 12.2. The largest absolute Gasteiger partial charge is 0.373 e. The lowest BCUT2D eigenvalue weighted by Gasteiger charge is -2.39. The number of benzene rings is 1. The molecule has 1 aliphatic carbocycles. The van der Waals surface area contributed by atoms with E-state index in [2.05, 4.69) is 5.32 Å². The summed E-state index contributed by atoms with van der Waals surface area (Å²) in [7, 11) is 0. The highest BCUT2D eigenvalue weighted by Gasteiger charge is 2.34. The fourth-order valence-electron chi connectivity index (χ4n) is 3.03. The van der Waals surface area contributed by atoms with Gasteiger partial charge in [-0.05, 0) is 43.7 Å². The normalized spacial score (nSPS) is 28.7. The summed E-state index contributed by atoms with van der Waals surface area (Å²) in [5.74, 6) is 0.00563. The Kier molecular flexibility index (Phi) is 4.83. The molecule has 1 N–H and O–H groups in total. The van der Waals surface area contributed by atoms with E-state index in [9.17, 15) is 4.79 Å². The van der Waals surface area contributed by atoms with Crippen molar-refractivity contribution in [1.29, 1.82) is 0 Å². The Balaban J connectivity index is 1.59. The number of fused-ring (bicyclic) bond motifs is 1. The summed E-state index contributed by atoms with van der Waals surface area (Å²) in [6.07, 6.45) is 5.12. The minimum absolute atomic E-state index is 0.00563. The van der Waals surface area contributed by atoms with Crippen LogP contribution < -0.4 is 5.32 Å². The maximum Gasteiger partial charge on any atom is 0.251 e. The number of thioether (sulfide) groups is 1. The number of carbonyl (C=O) groups excluding carboxylic acids is 1. The van der Waals surface area contributed by atoms with Crippen molar-refractivity contribution in [1.82, 2.24) is 5.32 Å². The molecule has 0 radical (unpaired) electrons. The molecular weight excluding hydrogens is 286 g/mol. The van der Waals surface area contributed by atoms with E-state index in [1.807, 2.05) is 30.5 Å². The van der Waals surface area contributed by atoms with E-state index >= 15 is 0 Å². The molecule has 2 aliphatic rings. The van der Waals surface area contributed by atoms with Crippen LogP contribution in [-0.2, 0) is 9.47 Å². The van der Waals surface area contributed by atoms with Crippen LogP contribution in [0.5, 0.6) is 0 Å². The van der Waals surface area contributed by atoms with Crippen molar-refractivity contribution in [3.63, 3.8) is 0 Å². The van der Waals surface area contributed by atoms with Crippen LogP contribution in [0, 0.1) is 0 Å². The molecular formula is C16H21NO3S. The Morgan fingerprint density at radius 2 is 2.05 bits per heavy atom. The Morgan fingerprint density at radius 3 is 2.86 bits per heavy atom. The maximum absolute atomic E-state index is 12.3. The van der Waals surface area contributed by atoms with Crippen molar-refractivity contribution in [2.75, 3.05) is 19.5 Å². The van der Waals surface area contributed by atoms with Crippen LogP contribution in [0.15, 0.2) is 29.2 Å². The average Bonchev–Trinajstić information content (AvgIpc) is 2.54. The second-order valence-electron chi connectivity index (χ2n) is 5.53. The third-order valence-corrected chi connectivity index (χ3v) is 4.87. The first-order valence-corrected chi connectivity index (χ1v) is 8.67. The lowest BCUT2D eigenvalue weighted by Crippen LogP contribution is -2.49. The summed E-state index contributed by atoms with van der Waals surface area (Å²) in [5.41, 5.74) is 0.727. The Morgan fingerprint density at radius 1 is 1.24 bits per heavy atom. The first-order chi connectivity index (χ1) is 10.3. The molecule has 3 rings (SSSR count). The molecule has 0 spiro atoms. The summed E-state index contributed by atoms with van der Waals surface area (Å²) < 4.78 is 11.5. The second-order valence-corrected chi connectivity index (χ2v) is 6.41. The number of rotatable bonds is 3. The molecule has 2 fully saturated rings. The average molecular weight is 307 g/mol. The third-order valence-electron chi connectivity index (χ3n) is 4.15. The molecule has 1 saturated carbocycles. The standard InChI is InChI=1S/C16H21NO3S/c1-21-13-4-2-3-11(9-13)16(18)17-12-5-6-14-15(10-12)20-8-7-19-14/h2-4,9,12,14-15H,5-8,10H2,1H3,(H,17,18)/t12-,14-,15+/m1/s1. The van der Waals surface area contributed by atoms with E-state index in [0.717, 1.165) is 29.7 Å². The van der Waals surface area contributed by atoms with Crippen LogP contribution in [0.25, 0.3) is 0 Å². The van der Waals surface area contributed by atoms with Crippen molar-refractivity contribution < 1.29 is 14.3 Å². The molecule has 1 saturated heterocycles. The van der Waals surface area contributed by atoms with Crippen LogP contribution in [0.4, 0.5) is 0 Å². The molecule has 5 heteroatoms.